The second kappa shape index (κ2) is 7.58. The first-order valence-electron chi connectivity index (χ1n) is 6.60. The summed E-state index contributed by atoms with van der Waals surface area (Å²) in [6, 6.07) is 10.3. The Labute approximate surface area is 135 Å². The lowest BCUT2D eigenvalue weighted by Crippen LogP contribution is -2.32. The van der Waals surface area contributed by atoms with Crippen molar-refractivity contribution in [3.63, 3.8) is 0 Å². The van der Waals surface area contributed by atoms with E-state index in [4.69, 9.17) is 0 Å². The molecule has 0 fully saturated rings. The van der Waals surface area contributed by atoms with Crippen LogP contribution in [-0.4, -0.2) is 23.0 Å². The summed E-state index contributed by atoms with van der Waals surface area (Å²) in [5.41, 5.74) is 2.63. The smallest absolute Gasteiger partial charge is 0.318 e. The molecule has 0 aliphatic rings. The Bertz CT molecular complexity index is 788. The van der Waals surface area contributed by atoms with E-state index in [0.717, 1.165) is 0 Å². The van der Waals surface area contributed by atoms with E-state index in [-0.39, 0.29) is 11.4 Å². The fraction of sp³-hybridized carbons (Fsp3) is 0. The number of halogens is 1. The fourth-order valence-corrected chi connectivity index (χ4v) is 1.62. The average Bonchev–Trinajstić information content (AvgIpc) is 2.57. The zero-order valence-electron chi connectivity index (χ0n) is 12.1. The van der Waals surface area contributed by atoms with Crippen molar-refractivity contribution in [1.82, 2.24) is 5.43 Å². The third kappa shape index (κ3) is 4.70. The topological polar surface area (TPSA) is 114 Å². The van der Waals surface area contributed by atoms with E-state index in [2.05, 4.69) is 10.4 Å². The number of nitrogens with zero attached hydrogens (tertiary/aromatic N) is 2. The molecule has 2 amide bonds. The minimum Gasteiger partial charge on any atom is -0.318 e. The van der Waals surface area contributed by atoms with Gasteiger partial charge in [0.1, 0.15) is 5.82 Å². The SMILES string of the molecule is O=C(N/N=C\c1ccc(F)cc1)C(=O)Nc1ccc([N+](=O)[O-])cc1. The molecule has 0 radical (unpaired) electrons. The number of rotatable bonds is 4. The molecular formula is C15H11FN4O4. The minimum absolute atomic E-state index is 0.138. The van der Waals surface area contributed by atoms with Crippen LogP contribution in [-0.2, 0) is 9.59 Å². The van der Waals surface area contributed by atoms with Crippen molar-refractivity contribution >= 4 is 29.4 Å². The molecule has 0 saturated heterocycles. The van der Waals surface area contributed by atoms with Gasteiger partial charge in [-0.3, -0.25) is 19.7 Å². The van der Waals surface area contributed by atoms with Gasteiger partial charge in [-0.1, -0.05) is 12.1 Å². The van der Waals surface area contributed by atoms with Gasteiger partial charge in [0.2, 0.25) is 0 Å². The van der Waals surface area contributed by atoms with E-state index in [0.29, 0.717) is 5.56 Å². The minimum atomic E-state index is -1.02. The summed E-state index contributed by atoms with van der Waals surface area (Å²) in [5.74, 6) is -2.41. The molecule has 0 spiro atoms. The van der Waals surface area contributed by atoms with Crippen LogP contribution in [0.25, 0.3) is 0 Å². The van der Waals surface area contributed by atoms with Gasteiger partial charge in [0, 0.05) is 17.8 Å². The number of carbonyl (C=O) groups excluding carboxylic acids is 2. The third-order valence-corrected chi connectivity index (χ3v) is 2.79. The molecule has 8 nitrogen and oxygen atoms in total. The van der Waals surface area contributed by atoms with Crippen molar-refractivity contribution in [1.29, 1.82) is 0 Å². The Kier molecular flexibility index (Phi) is 5.29. The molecule has 0 aliphatic carbocycles. The van der Waals surface area contributed by atoms with Crippen LogP contribution in [0.4, 0.5) is 15.8 Å². The van der Waals surface area contributed by atoms with E-state index in [1.54, 1.807) is 0 Å². The second-order valence-corrected chi connectivity index (χ2v) is 4.51. The maximum atomic E-state index is 12.7. The number of amides is 2. The van der Waals surface area contributed by atoms with Gasteiger partial charge in [0.25, 0.3) is 5.69 Å². The highest BCUT2D eigenvalue weighted by Gasteiger charge is 2.13. The molecule has 2 aromatic carbocycles. The van der Waals surface area contributed by atoms with Crippen LogP contribution < -0.4 is 10.7 Å². The molecule has 24 heavy (non-hydrogen) atoms. The van der Waals surface area contributed by atoms with E-state index in [9.17, 15) is 24.1 Å². The summed E-state index contributed by atoms with van der Waals surface area (Å²) in [6.45, 7) is 0. The van der Waals surface area contributed by atoms with Crippen molar-refractivity contribution in [3.8, 4) is 0 Å². The quantitative estimate of drug-likeness (QED) is 0.385. The Morgan fingerprint density at radius 3 is 2.25 bits per heavy atom. The Hall–Kier alpha value is -3.62. The number of nitrogens with one attached hydrogen (secondary N) is 2. The first-order valence-corrected chi connectivity index (χ1v) is 6.60. The fourth-order valence-electron chi connectivity index (χ4n) is 1.62. The van der Waals surface area contributed by atoms with Crippen molar-refractivity contribution < 1.29 is 18.9 Å². The molecule has 0 heterocycles. The van der Waals surface area contributed by atoms with E-state index < -0.39 is 22.6 Å². The summed E-state index contributed by atoms with van der Waals surface area (Å²) >= 11 is 0. The molecule has 9 heteroatoms. The third-order valence-electron chi connectivity index (χ3n) is 2.79. The molecule has 2 aromatic rings. The molecular weight excluding hydrogens is 319 g/mol. The molecule has 0 aliphatic heterocycles. The van der Waals surface area contributed by atoms with Gasteiger partial charge >= 0.3 is 11.8 Å². The number of nitro benzene ring substituents is 1. The Morgan fingerprint density at radius 1 is 1.04 bits per heavy atom. The van der Waals surface area contributed by atoms with Crippen LogP contribution in [0.2, 0.25) is 0 Å². The van der Waals surface area contributed by atoms with Gasteiger partial charge in [-0.25, -0.2) is 9.82 Å². The van der Waals surface area contributed by atoms with Crippen LogP contribution >= 0.6 is 0 Å². The van der Waals surface area contributed by atoms with Gasteiger partial charge in [0.15, 0.2) is 0 Å². The van der Waals surface area contributed by atoms with E-state index >= 15 is 0 Å². The molecule has 0 saturated carbocycles. The summed E-state index contributed by atoms with van der Waals surface area (Å²) in [4.78, 5) is 33.1. The molecule has 2 N–H and O–H groups in total. The lowest BCUT2D eigenvalue weighted by atomic mass is 10.2. The number of hydrogen-bond donors (Lipinski definition) is 2. The molecule has 0 atom stereocenters. The molecule has 0 bridgehead atoms. The van der Waals surface area contributed by atoms with E-state index in [1.165, 1.54) is 54.7 Å². The number of nitro groups is 1. The maximum Gasteiger partial charge on any atom is 0.329 e. The number of anilines is 1. The Balaban J connectivity index is 1.88. The number of hydrogen-bond acceptors (Lipinski definition) is 5. The number of benzene rings is 2. The monoisotopic (exact) mass is 330 g/mol. The average molecular weight is 330 g/mol. The van der Waals surface area contributed by atoms with Gasteiger partial charge in [0.05, 0.1) is 11.1 Å². The van der Waals surface area contributed by atoms with Gasteiger partial charge in [-0.2, -0.15) is 5.10 Å². The number of non-ortho nitro benzene ring substituents is 1. The highest BCUT2D eigenvalue weighted by molar-refractivity contribution is 6.39. The highest BCUT2D eigenvalue weighted by atomic mass is 19.1. The van der Waals surface area contributed by atoms with Gasteiger partial charge < -0.3 is 5.32 Å². The first-order chi connectivity index (χ1) is 11.5. The molecule has 122 valence electrons. The molecule has 0 aromatic heterocycles. The van der Waals surface area contributed by atoms with Crippen molar-refractivity contribution in [2.75, 3.05) is 5.32 Å². The summed E-state index contributed by atoms with van der Waals surface area (Å²) < 4.78 is 12.7. The zero-order valence-corrected chi connectivity index (χ0v) is 12.1. The van der Waals surface area contributed by atoms with Crippen LogP contribution in [0.5, 0.6) is 0 Å². The van der Waals surface area contributed by atoms with Crippen molar-refractivity contribution in [3.05, 3.63) is 70.0 Å². The first kappa shape index (κ1) is 16.7. The number of carbonyl (C=O) groups is 2. The standard InChI is InChI=1S/C15H11FN4O4/c16-11-3-1-10(2-4-11)9-17-19-15(22)14(21)18-12-5-7-13(8-6-12)20(23)24/h1-9H,(H,18,21)(H,19,22)/b17-9-. The normalized spacial score (nSPS) is 10.4. The predicted molar refractivity (Wildman–Crippen MR) is 83.9 cm³/mol. The van der Waals surface area contributed by atoms with Crippen molar-refractivity contribution in [2.45, 2.75) is 0 Å². The summed E-state index contributed by atoms with van der Waals surface area (Å²) in [7, 11) is 0. The van der Waals surface area contributed by atoms with Gasteiger partial charge in [-0.15, -0.1) is 0 Å². The van der Waals surface area contributed by atoms with Crippen LogP contribution in [0.15, 0.2) is 53.6 Å². The van der Waals surface area contributed by atoms with E-state index in [1.807, 2.05) is 5.43 Å². The van der Waals surface area contributed by atoms with Gasteiger partial charge in [-0.05, 0) is 29.8 Å². The lowest BCUT2D eigenvalue weighted by molar-refractivity contribution is -0.384. The lowest BCUT2D eigenvalue weighted by Gasteiger charge is -2.03. The number of hydrazone groups is 1. The predicted octanol–water partition coefficient (Wildman–Crippen LogP) is 1.82. The van der Waals surface area contributed by atoms with Crippen LogP contribution in [0.3, 0.4) is 0 Å². The maximum absolute atomic E-state index is 12.7. The van der Waals surface area contributed by atoms with Crippen LogP contribution in [0.1, 0.15) is 5.56 Å². The van der Waals surface area contributed by atoms with Crippen LogP contribution in [0, 0.1) is 15.9 Å². The van der Waals surface area contributed by atoms with Crippen molar-refractivity contribution in [2.24, 2.45) is 5.10 Å². The summed E-state index contributed by atoms with van der Waals surface area (Å²) in [5, 5.41) is 16.4. The Morgan fingerprint density at radius 2 is 1.67 bits per heavy atom. The summed E-state index contributed by atoms with van der Waals surface area (Å²) in [6.07, 6.45) is 1.25. The molecule has 2 rings (SSSR count). The molecule has 0 unspecified atom stereocenters. The second-order valence-electron chi connectivity index (χ2n) is 4.51. The zero-order chi connectivity index (χ0) is 17.5. The highest BCUT2D eigenvalue weighted by Crippen LogP contribution is 2.15. The largest absolute Gasteiger partial charge is 0.329 e.